The van der Waals surface area contributed by atoms with E-state index in [-0.39, 0.29) is 22.9 Å². The number of alkyl halides is 5. The zero-order chi connectivity index (χ0) is 22.7. The number of rotatable bonds is 6. The summed E-state index contributed by atoms with van der Waals surface area (Å²) < 4.78 is 66.9. The van der Waals surface area contributed by atoms with E-state index in [1.165, 1.54) is 38.1 Å². The third-order valence-electron chi connectivity index (χ3n) is 3.80. The molecule has 2 aromatic rings. The van der Waals surface area contributed by atoms with Crippen molar-refractivity contribution < 1.29 is 36.3 Å². The first-order valence-corrected chi connectivity index (χ1v) is 8.59. The molecule has 0 bridgehead atoms. The van der Waals surface area contributed by atoms with Gasteiger partial charge in [0.25, 0.3) is 5.91 Å². The van der Waals surface area contributed by atoms with Gasteiger partial charge in [0, 0.05) is 18.2 Å². The van der Waals surface area contributed by atoms with E-state index in [0.29, 0.717) is 5.69 Å². The first-order valence-electron chi connectivity index (χ1n) is 8.59. The molecule has 2 N–H and O–H groups in total. The average molecular weight is 431 g/mol. The molecule has 1 aromatic carbocycles. The van der Waals surface area contributed by atoms with Crippen molar-refractivity contribution in [3.05, 3.63) is 53.2 Å². The van der Waals surface area contributed by atoms with Crippen LogP contribution < -0.4 is 15.4 Å². The van der Waals surface area contributed by atoms with Gasteiger partial charge in [-0.25, -0.2) is 4.98 Å². The minimum Gasteiger partial charge on any atom is -0.426 e. The third-order valence-corrected chi connectivity index (χ3v) is 3.80. The summed E-state index contributed by atoms with van der Waals surface area (Å²) in [5, 5.41) is 5.05. The molecule has 2 rings (SSSR count). The quantitative estimate of drug-likeness (QED) is 0.666. The summed E-state index contributed by atoms with van der Waals surface area (Å²) in [7, 11) is 0. The first kappa shape index (κ1) is 23.0. The highest BCUT2D eigenvalue weighted by atomic mass is 19.4. The Morgan fingerprint density at radius 1 is 1.10 bits per heavy atom. The maximum atomic E-state index is 13.1. The van der Waals surface area contributed by atoms with E-state index in [4.69, 9.17) is 0 Å². The molecule has 0 aliphatic carbocycles. The molecule has 0 aliphatic rings. The molecular formula is C19H18F5N3O3. The zero-order valence-electron chi connectivity index (χ0n) is 16.1. The SMILES string of the molecule is CC(=O)Nc1cc(C(=O)N[C@H](C)c2cccc(OC(F)(F)C(F)(F)F)c2)cc(C)n1. The number of nitrogens with one attached hydrogen (secondary N) is 2. The normalized spacial score (nSPS) is 12.8. The van der Waals surface area contributed by atoms with E-state index in [9.17, 15) is 31.5 Å². The van der Waals surface area contributed by atoms with Gasteiger partial charge in [-0.05, 0) is 43.7 Å². The third kappa shape index (κ3) is 5.88. The fourth-order valence-corrected chi connectivity index (χ4v) is 2.46. The minimum absolute atomic E-state index is 0.171. The lowest BCUT2D eigenvalue weighted by atomic mass is 10.1. The Bertz CT molecular complexity index is 947. The minimum atomic E-state index is -5.87. The van der Waals surface area contributed by atoms with Crippen molar-refractivity contribution >= 4 is 17.6 Å². The predicted molar refractivity (Wildman–Crippen MR) is 97.2 cm³/mol. The standard InChI is InChI=1S/C19H18F5N3O3/c1-10-7-14(9-16(25-10)27-12(3)28)17(29)26-11(2)13-5-4-6-15(8-13)30-19(23,24)18(20,21)22/h4-9,11H,1-3H3,(H,26,29)(H,25,27,28)/t11-/m1/s1. The highest BCUT2D eigenvalue weighted by Crippen LogP contribution is 2.37. The summed E-state index contributed by atoms with van der Waals surface area (Å²) in [6.45, 7) is 4.41. The van der Waals surface area contributed by atoms with Crippen molar-refractivity contribution in [3.8, 4) is 5.75 Å². The zero-order valence-corrected chi connectivity index (χ0v) is 16.1. The van der Waals surface area contributed by atoms with Gasteiger partial charge in [0.15, 0.2) is 0 Å². The number of aromatic nitrogens is 1. The van der Waals surface area contributed by atoms with Crippen molar-refractivity contribution in [1.29, 1.82) is 0 Å². The van der Waals surface area contributed by atoms with Crippen LogP contribution in [-0.2, 0) is 4.79 Å². The molecule has 0 spiro atoms. The van der Waals surface area contributed by atoms with E-state index in [2.05, 4.69) is 20.4 Å². The fourth-order valence-electron chi connectivity index (χ4n) is 2.46. The van der Waals surface area contributed by atoms with Crippen LogP contribution in [0.15, 0.2) is 36.4 Å². The molecule has 1 atom stereocenters. The highest BCUT2D eigenvalue weighted by molar-refractivity contribution is 5.96. The van der Waals surface area contributed by atoms with Crippen LogP contribution in [0.4, 0.5) is 27.8 Å². The molecule has 1 heterocycles. The maximum Gasteiger partial charge on any atom is 0.499 e. The molecule has 11 heteroatoms. The summed E-state index contributed by atoms with van der Waals surface area (Å²) in [5.41, 5.74) is 0.879. The molecule has 0 fully saturated rings. The number of benzene rings is 1. The van der Waals surface area contributed by atoms with Crippen LogP contribution >= 0.6 is 0 Å². The van der Waals surface area contributed by atoms with Crippen molar-refractivity contribution in [3.63, 3.8) is 0 Å². The Hall–Kier alpha value is -3.24. The summed E-state index contributed by atoms with van der Waals surface area (Å²) in [6, 6.07) is 6.65. The largest absolute Gasteiger partial charge is 0.499 e. The molecule has 6 nitrogen and oxygen atoms in total. The highest BCUT2D eigenvalue weighted by Gasteiger charge is 2.61. The number of aryl methyl sites for hydroxylation is 1. The number of carbonyl (C=O) groups is 2. The van der Waals surface area contributed by atoms with Crippen molar-refractivity contribution in [2.24, 2.45) is 0 Å². The number of anilines is 1. The van der Waals surface area contributed by atoms with Gasteiger partial charge in [-0.3, -0.25) is 9.59 Å². The summed E-state index contributed by atoms with van der Waals surface area (Å²) in [5.74, 6) is -1.47. The van der Waals surface area contributed by atoms with Crippen LogP contribution in [0.2, 0.25) is 0 Å². The molecule has 30 heavy (non-hydrogen) atoms. The average Bonchev–Trinajstić information content (AvgIpc) is 2.59. The van der Waals surface area contributed by atoms with Gasteiger partial charge in [-0.15, -0.1) is 0 Å². The lowest BCUT2D eigenvalue weighted by Crippen LogP contribution is -2.41. The molecule has 2 amide bonds. The van der Waals surface area contributed by atoms with Crippen molar-refractivity contribution in [2.45, 2.75) is 39.1 Å². The Kier molecular flexibility index (Phi) is 6.63. The maximum absolute atomic E-state index is 13.1. The molecular weight excluding hydrogens is 413 g/mol. The lowest BCUT2D eigenvalue weighted by molar-refractivity contribution is -0.360. The number of hydrogen-bond acceptors (Lipinski definition) is 4. The van der Waals surface area contributed by atoms with Crippen LogP contribution in [0, 0.1) is 6.92 Å². The molecule has 1 aromatic heterocycles. The van der Waals surface area contributed by atoms with Crippen LogP contribution in [0.5, 0.6) is 5.75 Å². The summed E-state index contributed by atoms with van der Waals surface area (Å²) >= 11 is 0. The number of ether oxygens (including phenoxy) is 1. The molecule has 0 unspecified atom stereocenters. The van der Waals surface area contributed by atoms with E-state index in [0.717, 1.165) is 12.1 Å². The second kappa shape index (κ2) is 8.64. The fraction of sp³-hybridized carbons (Fsp3) is 0.316. The van der Waals surface area contributed by atoms with Crippen LogP contribution in [0.1, 0.15) is 41.5 Å². The summed E-state index contributed by atoms with van der Waals surface area (Å²) in [6.07, 6.45) is -11.2. The van der Waals surface area contributed by atoms with Gasteiger partial charge in [0.1, 0.15) is 11.6 Å². The number of carbonyl (C=O) groups excluding carboxylic acids is 2. The molecule has 162 valence electrons. The van der Waals surface area contributed by atoms with Gasteiger partial charge in [0.05, 0.1) is 6.04 Å². The van der Waals surface area contributed by atoms with Gasteiger partial charge < -0.3 is 15.4 Å². The van der Waals surface area contributed by atoms with E-state index >= 15 is 0 Å². The molecule has 0 saturated heterocycles. The Morgan fingerprint density at radius 2 is 1.77 bits per heavy atom. The van der Waals surface area contributed by atoms with E-state index in [1.54, 1.807) is 6.92 Å². The molecule has 0 radical (unpaired) electrons. The number of amides is 2. The van der Waals surface area contributed by atoms with Crippen molar-refractivity contribution in [1.82, 2.24) is 10.3 Å². The van der Waals surface area contributed by atoms with Crippen LogP contribution in [0.25, 0.3) is 0 Å². The predicted octanol–water partition coefficient (Wildman–Crippen LogP) is 4.37. The summed E-state index contributed by atoms with van der Waals surface area (Å²) in [4.78, 5) is 27.8. The second-order valence-corrected chi connectivity index (χ2v) is 6.45. The topological polar surface area (TPSA) is 80.3 Å². The number of pyridine rings is 1. The molecule has 0 saturated carbocycles. The number of halogens is 5. The van der Waals surface area contributed by atoms with Gasteiger partial charge in [-0.2, -0.15) is 22.0 Å². The van der Waals surface area contributed by atoms with Crippen molar-refractivity contribution in [2.75, 3.05) is 5.32 Å². The Balaban J connectivity index is 2.17. The van der Waals surface area contributed by atoms with E-state index < -0.39 is 30.0 Å². The van der Waals surface area contributed by atoms with Gasteiger partial charge in [0.2, 0.25) is 5.91 Å². The number of nitrogens with zero attached hydrogens (tertiary/aromatic N) is 1. The monoisotopic (exact) mass is 431 g/mol. The van der Waals surface area contributed by atoms with E-state index in [1.807, 2.05) is 0 Å². The Labute approximate surface area is 168 Å². The lowest BCUT2D eigenvalue weighted by Gasteiger charge is -2.21. The Morgan fingerprint density at radius 3 is 2.37 bits per heavy atom. The molecule has 0 aliphatic heterocycles. The van der Waals surface area contributed by atoms with Gasteiger partial charge in [-0.1, -0.05) is 12.1 Å². The first-order chi connectivity index (χ1) is 13.8. The second-order valence-electron chi connectivity index (χ2n) is 6.45. The van der Waals surface area contributed by atoms with Crippen LogP contribution in [-0.4, -0.2) is 29.1 Å². The smallest absolute Gasteiger partial charge is 0.426 e. The van der Waals surface area contributed by atoms with Gasteiger partial charge >= 0.3 is 12.3 Å². The van der Waals surface area contributed by atoms with Crippen LogP contribution in [0.3, 0.4) is 0 Å². The number of hydrogen-bond donors (Lipinski definition) is 2.